The van der Waals surface area contributed by atoms with Crippen LogP contribution in [0.1, 0.15) is 65.0 Å². The number of aryl methyl sites for hydroxylation is 1. The van der Waals surface area contributed by atoms with Crippen molar-refractivity contribution in [2.45, 2.75) is 51.5 Å². The van der Waals surface area contributed by atoms with E-state index in [2.05, 4.69) is 20.8 Å². The molecule has 6 nitrogen and oxygen atoms in total. The summed E-state index contributed by atoms with van der Waals surface area (Å²) < 4.78 is 20.5. The van der Waals surface area contributed by atoms with Gasteiger partial charge in [0.2, 0.25) is 0 Å². The molecule has 1 aliphatic carbocycles. The number of hydrogen-bond donors (Lipinski definition) is 2. The van der Waals surface area contributed by atoms with E-state index in [1.54, 1.807) is 6.07 Å². The zero-order valence-electron chi connectivity index (χ0n) is 16.3. The molecule has 0 atom stereocenters. The monoisotopic (exact) mass is 394 g/mol. The predicted octanol–water partition coefficient (Wildman–Crippen LogP) is 4.09. The van der Waals surface area contributed by atoms with Crippen LogP contribution in [0.3, 0.4) is 0 Å². The maximum absolute atomic E-state index is 15.0. The molecule has 150 valence electrons. The van der Waals surface area contributed by atoms with Gasteiger partial charge in [-0.05, 0) is 55.5 Å². The second-order valence-electron chi connectivity index (χ2n) is 7.87. The van der Waals surface area contributed by atoms with Gasteiger partial charge in [-0.15, -0.1) is 0 Å². The average molecular weight is 394 g/mol. The number of amides is 1. The van der Waals surface area contributed by atoms with Gasteiger partial charge in [-0.2, -0.15) is 0 Å². The molecule has 2 aromatic heterocycles. The summed E-state index contributed by atoms with van der Waals surface area (Å²) in [6.07, 6.45) is 4.30. The SMILES string of the molecule is CCCc1noc2nc(C3CC3)cc(C(=O)Nc3ccc4c(c3F)CCNC4)c12. The van der Waals surface area contributed by atoms with E-state index in [-0.39, 0.29) is 17.4 Å². The van der Waals surface area contributed by atoms with Crippen LogP contribution >= 0.6 is 0 Å². The highest BCUT2D eigenvalue weighted by molar-refractivity contribution is 6.12. The van der Waals surface area contributed by atoms with E-state index in [0.29, 0.717) is 47.5 Å². The molecule has 0 radical (unpaired) electrons. The predicted molar refractivity (Wildman–Crippen MR) is 108 cm³/mol. The lowest BCUT2D eigenvalue weighted by molar-refractivity contribution is 0.102. The fourth-order valence-corrected chi connectivity index (χ4v) is 4.02. The van der Waals surface area contributed by atoms with Gasteiger partial charge in [0, 0.05) is 18.2 Å². The summed E-state index contributed by atoms with van der Waals surface area (Å²) >= 11 is 0. The summed E-state index contributed by atoms with van der Waals surface area (Å²) in [7, 11) is 0. The summed E-state index contributed by atoms with van der Waals surface area (Å²) in [6, 6.07) is 5.34. The molecule has 0 spiro atoms. The zero-order chi connectivity index (χ0) is 20.0. The zero-order valence-corrected chi connectivity index (χ0v) is 16.3. The van der Waals surface area contributed by atoms with Crippen LogP contribution in [0.15, 0.2) is 22.7 Å². The van der Waals surface area contributed by atoms with Crippen molar-refractivity contribution in [3.63, 3.8) is 0 Å². The summed E-state index contributed by atoms with van der Waals surface area (Å²) in [5.41, 5.74) is 4.25. The summed E-state index contributed by atoms with van der Waals surface area (Å²) in [5, 5.41) is 10.8. The minimum absolute atomic E-state index is 0.210. The molecule has 3 aromatic rings. The second-order valence-corrected chi connectivity index (χ2v) is 7.87. The van der Waals surface area contributed by atoms with E-state index in [9.17, 15) is 4.79 Å². The van der Waals surface area contributed by atoms with E-state index in [1.165, 1.54) is 0 Å². The molecule has 2 aliphatic rings. The maximum atomic E-state index is 15.0. The summed E-state index contributed by atoms with van der Waals surface area (Å²) in [4.78, 5) is 17.8. The number of benzene rings is 1. The number of pyridine rings is 1. The molecule has 1 aliphatic heterocycles. The molecule has 1 amide bonds. The van der Waals surface area contributed by atoms with Gasteiger partial charge in [0.15, 0.2) is 0 Å². The Balaban J connectivity index is 1.54. The van der Waals surface area contributed by atoms with Gasteiger partial charge in [0.1, 0.15) is 5.82 Å². The quantitative estimate of drug-likeness (QED) is 0.681. The lowest BCUT2D eigenvalue weighted by Gasteiger charge is -2.19. The van der Waals surface area contributed by atoms with Crippen molar-refractivity contribution in [1.82, 2.24) is 15.5 Å². The topological polar surface area (TPSA) is 80.0 Å². The fourth-order valence-electron chi connectivity index (χ4n) is 4.02. The highest BCUT2D eigenvalue weighted by atomic mass is 19.1. The van der Waals surface area contributed by atoms with Gasteiger partial charge < -0.3 is 15.2 Å². The van der Waals surface area contributed by atoms with Crippen molar-refractivity contribution in [2.75, 3.05) is 11.9 Å². The lowest BCUT2D eigenvalue weighted by Crippen LogP contribution is -2.25. The van der Waals surface area contributed by atoms with Crippen molar-refractivity contribution >= 4 is 22.7 Å². The first-order valence-electron chi connectivity index (χ1n) is 10.3. The maximum Gasteiger partial charge on any atom is 0.259 e. The van der Waals surface area contributed by atoms with Gasteiger partial charge in [0.05, 0.1) is 22.3 Å². The molecule has 1 fully saturated rings. The molecule has 1 saturated carbocycles. The number of halogens is 1. The molecule has 3 heterocycles. The van der Waals surface area contributed by atoms with Gasteiger partial charge in [-0.25, -0.2) is 9.37 Å². The molecule has 5 rings (SSSR count). The van der Waals surface area contributed by atoms with Crippen LogP contribution in [0.4, 0.5) is 10.1 Å². The molecule has 0 saturated heterocycles. The van der Waals surface area contributed by atoms with Gasteiger partial charge in [0.25, 0.3) is 11.6 Å². The Kier molecular flexibility index (Phi) is 4.54. The van der Waals surface area contributed by atoms with Crippen LogP contribution < -0.4 is 10.6 Å². The minimum Gasteiger partial charge on any atom is -0.336 e. The average Bonchev–Trinajstić information content (AvgIpc) is 3.51. The normalized spacial score (nSPS) is 16.1. The molecule has 1 aromatic carbocycles. The molecule has 7 heteroatoms. The number of carbonyl (C=O) groups excluding carboxylic acids is 1. The number of hydrogen-bond acceptors (Lipinski definition) is 5. The van der Waals surface area contributed by atoms with Gasteiger partial charge in [-0.1, -0.05) is 24.6 Å². The molecule has 0 unspecified atom stereocenters. The van der Waals surface area contributed by atoms with Crippen molar-refractivity contribution in [3.8, 4) is 0 Å². The number of anilines is 1. The molecule has 0 bridgehead atoms. The van der Waals surface area contributed by atoms with Crippen LogP contribution in [0.2, 0.25) is 0 Å². The second kappa shape index (κ2) is 7.22. The number of carbonyl (C=O) groups is 1. The van der Waals surface area contributed by atoms with Crippen LogP contribution in [0, 0.1) is 5.82 Å². The Morgan fingerprint density at radius 1 is 1.38 bits per heavy atom. The largest absolute Gasteiger partial charge is 0.336 e. The van der Waals surface area contributed by atoms with E-state index in [4.69, 9.17) is 4.52 Å². The first-order valence-corrected chi connectivity index (χ1v) is 10.3. The highest BCUT2D eigenvalue weighted by Gasteiger charge is 2.29. The number of nitrogens with one attached hydrogen (secondary N) is 2. The van der Waals surface area contributed by atoms with Gasteiger partial charge in [-0.3, -0.25) is 4.79 Å². The summed E-state index contributed by atoms with van der Waals surface area (Å²) in [6.45, 7) is 3.43. The van der Waals surface area contributed by atoms with Crippen LogP contribution in [-0.2, 0) is 19.4 Å². The number of nitrogens with zero attached hydrogens (tertiary/aromatic N) is 2. The van der Waals surface area contributed by atoms with Crippen molar-refractivity contribution in [2.24, 2.45) is 0 Å². The molecule has 2 N–H and O–H groups in total. The van der Waals surface area contributed by atoms with Crippen LogP contribution in [-0.4, -0.2) is 22.6 Å². The Morgan fingerprint density at radius 3 is 3.03 bits per heavy atom. The lowest BCUT2D eigenvalue weighted by atomic mass is 9.99. The highest BCUT2D eigenvalue weighted by Crippen LogP contribution is 2.40. The number of fused-ring (bicyclic) bond motifs is 2. The fraction of sp³-hybridized carbons (Fsp3) is 0.409. The molecular weight excluding hydrogens is 371 g/mol. The van der Waals surface area contributed by atoms with E-state index in [0.717, 1.165) is 42.8 Å². The third-order valence-electron chi connectivity index (χ3n) is 5.72. The minimum atomic E-state index is -0.354. The van der Waals surface area contributed by atoms with Crippen LogP contribution in [0.5, 0.6) is 0 Å². The Hall–Kier alpha value is -2.80. The smallest absolute Gasteiger partial charge is 0.259 e. The number of rotatable bonds is 5. The number of aromatic nitrogens is 2. The first kappa shape index (κ1) is 18.2. The third-order valence-corrected chi connectivity index (χ3v) is 5.72. The summed E-state index contributed by atoms with van der Waals surface area (Å²) in [5.74, 6) is -0.338. The van der Waals surface area contributed by atoms with Gasteiger partial charge >= 0.3 is 0 Å². The Morgan fingerprint density at radius 2 is 2.24 bits per heavy atom. The Labute approximate surface area is 167 Å². The Bertz CT molecular complexity index is 1100. The molecular formula is C22H23FN4O2. The van der Waals surface area contributed by atoms with E-state index < -0.39 is 0 Å². The van der Waals surface area contributed by atoms with Crippen molar-refractivity contribution < 1.29 is 13.7 Å². The van der Waals surface area contributed by atoms with Crippen molar-refractivity contribution in [1.29, 1.82) is 0 Å². The van der Waals surface area contributed by atoms with E-state index >= 15 is 4.39 Å². The first-order chi connectivity index (χ1) is 14.2. The van der Waals surface area contributed by atoms with Crippen LogP contribution in [0.25, 0.3) is 11.1 Å². The standard InChI is InChI=1S/C22H23FN4O2/c1-2-3-16-19-15(10-18(12-4-5-12)26-22(19)29-27-16)21(28)25-17-7-6-13-11-24-9-8-14(13)20(17)23/h6-7,10,12,24H,2-5,8-9,11H2,1H3,(H,25,28). The van der Waals surface area contributed by atoms with Crippen molar-refractivity contribution in [3.05, 3.63) is 52.1 Å². The van der Waals surface area contributed by atoms with E-state index in [1.807, 2.05) is 19.1 Å². The molecule has 29 heavy (non-hydrogen) atoms. The third kappa shape index (κ3) is 3.29.